The number of rotatable bonds is 2. The third-order valence-corrected chi connectivity index (χ3v) is 3.21. The van der Waals surface area contributed by atoms with Crippen LogP contribution in [0, 0.1) is 5.82 Å². The molecule has 1 aliphatic rings. The van der Waals surface area contributed by atoms with E-state index in [1.165, 1.54) is 30.3 Å². The van der Waals surface area contributed by atoms with Crippen molar-refractivity contribution in [3.05, 3.63) is 65.0 Å². The Morgan fingerprint density at radius 1 is 1.19 bits per heavy atom. The van der Waals surface area contributed by atoms with Crippen molar-refractivity contribution in [2.24, 2.45) is 0 Å². The van der Waals surface area contributed by atoms with Gasteiger partial charge < -0.3 is 10.4 Å². The van der Waals surface area contributed by atoms with E-state index in [0.717, 1.165) is 0 Å². The summed E-state index contributed by atoms with van der Waals surface area (Å²) in [4.78, 5) is 22.9. The van der Waals surface area contributed by atoms with E-state index in [1.54, 1.807) is 18.2 Å². The molecule has 5 heteroatoms. The Morgan fingerprint density at radius 3 is 2.76 bits per heavy atom. The van der Waals surface area contributed by atoms with Crippen LogP contribution in [0.25, 0.3) is 11.6 Å². The highest BCUT2D eigenvalue weighted by molar-refractivity contribution is 6.34. The molecule has 0 aliphatic carbocycles. The third kappa shape index (κ3) is 2.41. The molecular weight excluding hydrogens is 273 g/mol. The van der Waals surface area contributed by atoms with E-state index in [4.69, 9.17) is 5.11 Å². The van der Waals surface area contributed by atoms with Crippen LogP contribution in [0.2, 0.25) is 0 Å². The highest BCUT2D eigenvalue weighted by atomic mass is 19.1. The van der Waals surface area contributed by atoms with Crippen molar-refractivity contribution in [1.82, 2.24) is 0 Å². The minimum Gasteiger partial charge on any atom is -0.478 e. The number of fused-ring (bicyclic) bond motifs is 1. The van der Waals surface area contributed by atoms with Crippen molar-refractivity contribution in [2.45, 2.75) is 0 Å². The number of carbonyl (C=O) groups excluding carboxylic acids is 1. The lowest BCUT2D eigenvalue weighted by molar-refractivity contribution is -0.110. The number of hydrogen-bond donors (Lipinski definition) is 2. The molecule has 1 amide bonds. The normalized spacial score (nSPS) is 14.9. The number of benzene rings is 2. The third-order valence-electron chi connectivity index (χ3n) is 3.21. The molecule has 0 unspecified atom stereocenters. The zero-order valence-corrected chi connectivity index (χ0v) is 10.8. The average Bonchev–Trinajstić information content (AvgIpc) is 2.75. The molecule has 2 N–H and O–H groups in total. The number of carboxylic acids is 1. The predicted octanol–water partition coefficient (Wildman–Crippen LogP) is 3.02. The second kappa shape index (κ2) is 4.86. The van der Waals surface area contributed by atoms with Gasteiger partial charge in [-0.25, -0.2) is 9.18 Å². The topological polar surface area (TPSA) is 66.4 Å². The molecule has 0 spiro atoms. The zero-order valence-electron chi connectivity index (χ0n) is 10.8. The minimum absolute atomic E-state index is 0.127. The standard InChI is InChI=1S/C16H10FNO3/c17-11-4-5-14-12(8-11)13(15(19)18-14)7-9-2-1-3-10(6-9)16(20)21/h1-8H,(H,18,19)(H,20,21). The van der Waals surface area contributed by atoms with Gasteiger partial charge in [0.15, 0.2) is 0 Å². The number of aromatic carboxylic acids is 1. The fourth-order valence-corrected chi connectivity index (χ4v) is 2.23. The maximum atomic E-state index is 13.3. The first kappa shape index (κ1) is 13.1. The van der Waals surface area contributed by atoms with Gasteiger partial charge in [0.05, 0.1) is 5.56 Å². The summed E-state index contributed by atoms with van der Waals surface area (Å²) in [7, 11) is 0. The Bertz CT molecular complexity index is 796. The number of anilines is 1. The van der Waals surface area contributed by atoms with Crippen LogP contribution in [0.15, 0.2) is 42.5 Å². The first-order valence-corrected chi connectivity index (χ1v) is 6.21. The average molecular weight is 283 g/mol. The van der Waals surface area contributed by atoms with Gasteiger partial charge in [0, 0.05) is 16.8 Å². The van der Waals surface area contributed by atoms with Crippen LogP contribution < -0.4 is 5.32 Å². The van der Waals surface area contributed by atoms with Crippen molar-refractivity contribution < 1.29 is 19.1 Å². The molecule has 2 aromatic carbocycles. The molecule has 0 saturated carbocycles. The Kier molecular flexibility index (Phi) is 3.02. The molecule has 0 saturated heterocycles. The maximum Gasteiger partial charge on any atom is 0.335 e. The summed E-state index contributed by atoms with van der Waals surface area (Å²) in [5, 5.41) is 11.6. The summed E-state index contributed by atoms with van der Waals surface area (Å²) in [6.45, 7) is 0. The monoisotopic (exact) mass is 283 g/mol. The lowest BCUT2D eigenvalue weighted by Gasteiger charge is -2.00. The van der Waals surface area contributed by atoms with Crippen molar-refractivity contribution in [2.75, 3.05) is 5.32 Å². The fourth-order valence-electron chi connectivity index (χ4n) is 2.23. The van der Waals surface area contributed by atoms with E-state index in [-0.39, 0.29) is 11.5 Å². The Morgan fingerprint density at radius 2 is 2.00 bits per heavy atom. The van der Waals surface area contributed by atoms with Crippen LogP contribution in [-0.2, 0) is 4.79 Å². The summed E-state index contributed by atoms with van der Waals surface area (Å²) in [5.41, 5.74) is 2.02. The van der Waals surface area contributed by atoms with Crippen LogP contribution >= 0.6 is 0 Å². The maximum absolute atomic E-state index is 13.3. The van der Waals surface area contributed by atoms with Gasteiger partial charge in [0.25, 0.3) is 5.91 Å². The number of carboxylic acid groups (broad SMARTS) is 1. The van der Waals surface area contributed by atoms with Gasteiger partial charge >= 0.3 is 5.97 Å². The van der Waals surface area contributed by atoms with Gasteiger partial charge in [-0.05, 0) is 42.0 Å². The SMILES string of the molecule is O=C1Nc2ccc(F)cc2C1=Cc1cccc(C(=O)O)c1. The molecule has 21 heavy (non-hydrogen) atoms. The number of hydrogen-bond acceptors (Lipinski definition) is 2. The zero-order chi connectivity index (χ0) is 15.0. The van der Waals surface area contributed by atoms with Crippen molar-refractivity contribution >= 4 is 29.2 Å². The second-order valence-electron chi connectivity index (χ2n) is 4.63. The molecule has 0 radical (unpaired) electrons. The van der Waals surface area contributed by atoms with E-state index in [1.807, 2.05) is 0 Å². The lowest BCUT2D eigenvalue weighted by Crippen LogP contribution is -2.03. The van der Waals surface area contributed by atoms with Crippen LogP contribution in [0.5, 0.6) is 0 Å². The van der Waals surface area contributed by atoms with Gasteiger partial charge in [0.1, 0.15) is 5.82 Å². The molecule has 1 aliphatic heterocycles. The molecule has 0 fully saturated rings. The van der Waals surface area contributed by atoms with Crippen LogP contribution in [0.3, 0.4) is 0 Å². The van der Waals surface area contributed by atoms with Crippen LogP contribution in [0.4, 0.5) is 10.1 Å². The minimum atomic E-state index is -1.04. The molecule has 4 nitrogen and oxygen atoms in total. The Hall–Kier alpha value is -2.95. The predicted molar refractivity (Wildman–Crippen MR) is 76.3 cm³/mol. The smallest absolute Gasteiger partial charge is 0.335 e. The Balaban J connectivity index is 2.08. The highest BCUT2D eigenvalue weighted by Crippen LogP contribution is 2.33. The van der Waals surface area contributed by atoms with Gasteiger partial charge in [-0.3, -0.25) is 4.79 Å². The van der Waals surface area contributed by atoms with Crippen molar-refractivity contribution in [1.29, 1.82) is 0 Å². The van der Waals surface area contributed by atoms with Gasteiger partial charge in [0.2, 0.25) is 0 Å². The molecule has 3 rings (SSSR count). The van der Waals surface area contributed by atoms with Crippen LogP contribution in [0.1, 0.15) is 21.5 Å². The molecule has 1 heterocycles. The van der Waals surface area contributed by atoms with Gasteiger partial charge in [-0.2, -0.15) is 0 Å². The first-order chi connectivity index (χ1) is 10.0. The number of halogens is 1. The molecular formula is C16H10FNO3. The van der Waals surface area contributed by atoms with E-state index in [2.05, 4.69) is 5.32 Å². The second-order valence-corrected chi connectivity index (χ2v) is 4.63. The van der Waals surface area contributed by atoms with Crippen molar-refractivity contribution in [3.63, 3.8) is 0 Å². The Labute approximate surface area is 119 Å². The number of amides is 1. The van der Waals surface area contributed by atoms with E-state index >= 15 is 0 Å². The summed E-state index contributed by atoms with van der Waals surface area (Å²) < 4.78 is 13.3. The highest BCUT2D eigenvalue weighted by Gasteiger charge is 2.24. The van der Waals surface area contributed by atoms with E-state index < -0.39 is 11.8 Å². The number of carbonyl (C=O) groups is 2. The van der Waals surface area contributed by atoms with Gasteiger partial charge in [-0.1, -0.05) is 12.1 Å². The van der Waals surface area contributed by atoms with Gasteiger partial charge in [-0.15, -0.1) is 0 Å². The summed E-state index contributed by atoms with van der Waals surface area (Å²) in [5.74, 6) is -1.82. The molecule has 104 valence electrons. The summed E-state index contributed by atoms with van der Waals surface area (Å²) >= 11 is 0. The number of nitrogens with one attached hydrogen (secondary N) is 1. The summed E-state index contributed by atoms with van der Waals surface area (Å²) in [6.07, 6.45) is 1.55. The first-order valence-electron chi connectivity index (χ1n) is 6.21. The molecule has 2 aromatic rings. The molecule has 0 atom stereocenters. The van der Waals surface area contributed by atoms with Crippen molar-refractivity contribution in [3.8, 4) is 0 Å². The van der Waals surface area contributed by atoms with E-state index in [0.29, 0.717) is 22.4 Å². The quantitative estimate of drug-likeness (QED) is 0.832. The lowest BCUT2D eigenvalue weighted by atomic mass is 10.0. The molecule has 0 bridgehead atoms. The fraction of sp³-hybridized carbons (Fsp3) is 0. The van der Waals surface area contributed by atoms with E-state index in [9.17, 15) is 14.0 Å². The summed E-state index contributed by atoms with van der Waals surface area (Å²) in [6, 6.07) is 10.2. The van der Waals surface area contributed by atoms with Crippen LogP contribution in [-0.4, -0.2) is 17.0 Å². The molecule has 0 aromatic heterocycles. The largest absolute Gasteiger partial charge is 0.478 e.